The molecule has 0 saturated carbocycles. The third kappa shape index (κ3) is 3.66. The molecule has 1 aromatic heterocycles. The number of nitrogens with zero attached hydrogens (tertiary/aromatic N) is 3. The van der Waals surface area contributed by atoms with Gasteiger partial charge in [0.2, 0.25) is 0 Å². The summed E-state index contributed by atoms with van der Waals surface area (Å²) >= 11 is 1.60. The first-order valence-corrected chi connectivity index (χ1v) is 8.02. The van der Waals surface area contributed by atoms with Crippen LogP contribution in [0.4, 0.5) is 0 Å². The van der Waals surface area contributed by atoms with Gasteiger partial charge in [0, 0.05) is 25.2 Å². The van der Waals surface area contributed by atoms with Crippen molar-refractivity contribution in [1.29, 1.82) is 5.26 Å². The SMILES string of the molecule is CCCNC(C#N)(CSc1nccn1C)c1ccccc1. The van der Waals surface area contributed by atoms with Gasteiger partial charge in [-0.05, 0) is 18.5 Å². The number of hydrogen-bond acceptors (Lipinski definition) is 4. The fourth-order valence-electron chi connectivity index (χ4n) is 2.10. The first-order valence-electron chi connectivity index (χ1n) is 7.04. The van der Waals surface area contributed by atoms with Crippen LogP contribution in [0.15, 0.2) is 47.9 Å². The number of benzene rings is 1. The van der Waals surface area contributed by atoms with E-state index in [1.165, 1.54) is 0 Å². The van der Waals surface area contributed by atoms with Crippen molar-refractivity contribution in [3.63, 3.8) is 0 Å². The molecule has 5 heteroatoms. The van der Waals surface area contributed by atoms with Crippen molar-refractivity contribution in [2.75, 3.05) is 12.3 Å². The predicted octanol–water partition coefficient (Wildman–Crippen LogP) is 2.93. The molecular weight excluding hydrogens is 280 g/mol. The molecule has 0 spiro atoms. The lowest BCUT2D eigenvalue weighted by Crippen LogP contribution is -2.44. The van der Waals surface area contributed by atoms with Crippen LogP contribution in [0, 0.1) is 11.3 Å². The minimum atomic E-state index is -0.687. The van der Waals surface area contributed by atoms with Crippen LogP contribution in [0.1, 0.15) is 18.9 Å². The van der Waals surface area contributed by atoms with E-state index in [1.807, 2.05) is 48.1 Å². The van der Waals surface area contributed by atoms with Crippen molar-refractivity contribution in [2.45, 2.75) is 24.0 Å². The van der Waals surface area contributed by atoms with Crippen molar-refractivity contribution in [1.82, 2.24) is 14.9 Å². The number of nitriles is 1. The van der Waals surface area contributed by atoms with Crippen molar-refractivity contribution in [3.05, 3.63) is 48.3 Å². The first kappa shape index (κ1) is 15.6. The summed E-state index contributed by atoms with van der Waals surface area (Å²) in [4.78, 5) is 4.32. The molecule has 2 rings (SSSR count). The Bertz CT molecular complexity index is 602. The van der Waals surface area contributed by atoms with Crippen LogP contribution in [-0.4, -0.2) is 21.8 Å². The predicted molar refractivity (Wildman–Crippen MR) is 86.0 cm³/mol. The molecule has 110 valence electrons. The van der Waals surface area contributed by atoms with Gasteiger partial charge < -0.3 is 4.57 Å². The van der Waals surface area contributed by atoms with Crippen molar-refractivity contribution in [3.8, 4) is 6.07 Å². The molecule has 1 aromatic carbocycles. The Balaban J connectivity index is 2.23. The van der Waals surface area contributed by atoms with Gasteiger partial charge in [-0.2, -0.15) is 5.26 Å². The summed E-state index contributed by atoms with van der Waals surface area (Å²) in [7, 11) is 1.96. The van der Waals surface area contributed by atoms with E-state index in [9.17, 15) is 5.26 Å². The molecule has 2 aromatic rings. The van der Waals surface area contributed by atoms with Gasteiger partial charge in [-0.25, -0.2) is 4.98 Å². The van der Waals surface area contributed by atoms with Gasteiger partial charge in [-0.15, -0.1) is 0 Å². The molecular formula is C16H20N4S. The van der Waals surface area contributed by atoms with E-state index in [-0.39, 0.29) is 0 Å². The number of rotatable bonds is 7. The molecule has 4 nitrogen and oxygen atoms in total. The minimum absolute atomic E-state index is 0.623. The highest BCUT2D eigenvalue weighted by Crippen LogP contribution is 2.28. The summed E-state index contributed by atoms with van der Waals surface area (Å²) in [5.41, 5.74) is 0.316. The Kier molecular flexibility index (Phi) is 5.43. The van der Waals surface area contributed by atoms with Gasteiger partial charge in [0.25, 0.3) is 0 Å². The molecule has 0 radical (unpaired) electrons. The van der Waals surface area contributed by atoms with Crippen LogP contribution in [-0.2, 0) is 12.6 Å². The monoisotopic (exact) mass is 300 g/mol. The molecule has 0 aliphatic carbocycles. The summed E-state index contributed by atoms with van der Waals surface area (Å²) in [6.45, 7) is 2.91. The highest BCUT2D eigenvalue weighted by Gasteiger charge is 2.32. The standard InChI is InChI=1S/C16H20N4S/c1-3-9-19-16(12-17,14-7-5-4-6-8-14)13-21-15-18-10-11-20(15)2/h4-8,10-11,19H,3,9,13H2,1-2H3. The van der Waals surface area contributed by atoms with E-state index in [0.29, 0.717) is 5.75 Å². The lowest BCUT2D eigenvalue weighted by molar-refractivity contribution is 0.473. The molecule has 0 bridgehead atoms. The second kappa shape index (κ2) is 7.30. The maximum atomic E-state index is 9.80. The number of nitrogens with one attached hydrogen (secondary N) is 1. The van der Waals surface area contributed by atoms with Gasteiger partial charge >= 0.3 is 0 Å². The van der Waals surface area contributed by atoms with Crippen molar-refractivity contribution in [2.24, 2.45) is 7.05 Å². The van der Waals surface area contributed by atoms with Gasteiger partial charge in [-0.3, -0.25) is 5.32 Å². The molecule has 1 N–H and O–H groups in total. The van der Waals surface area contributed by atoms with Crippen LogP contribution < -0.4 is 5.32 Å². The maximum Gasteiger partial charge on any atom is 0.167 e. The van der Waals surface area contributed by atoms with Crippen LogP contribution in [0.5, 0.6) is 0 Å². The highest BCUT2D eigenvalue weighted by atomic mass is 32.2. The Morgan fingerprint density at radius 2 is 2.14 bits per heavy atom. The van der Waals surface area contributed by atoms with Gasteiger partial charge in [0.05, 0.1) is 6.07 Å². The van der Waals surface area contributed by atoms with Gasteiger partial charge in [0.15, 0.2) is 5.16 Å². The average Bonchev–Trinajstić information content (AvgIpc) is 2.94. The quantitative estimate of drug-likeness (QED) is 0.799. The average molecular weight is 300 g/mol. The summed E-state index contributed by atoms with van der Waals surface area (Å²) in [5, 5.41) is 14.1. The molecule has 0 fully saturated rings. The van der Waals surface area contributed by atoms with E-state index >= 15 is 0 Å². The second-order valence-electron chi connectivity index (χ2n) is 4.92. The summed E-state index contributed by atoms with van der Waals surface area (Å²) in [6, 6.07) is 12.4. The molecule has 1 heterocycles. The van der Waals surface area contributed by atoms with Crippen LogP contribution in [0.2, 0.25) is 0 Å². The van der Waals surface area contributed by atoms with Crippen molar-refractivity contribution >= 4 is 11.8 Å². The smallest absolute Gasteiger partial charge is 0.167 e. The Morgan fingerprint density at radius 1 is 1.38 bits per heavy atom. The third-order valence-electron chi connectivity index (χ3n) is 3.33. The Morgan fingerprint density at radius 3 is 2.71 bits per heavy atom. The highest BCUT2D eigenvalue weighted by molar-refractivity contribution is 7.99. The van der Waals surface area contributed by atoms with Gasteiger partial charge in [0.1, 0.15) is 5.54 Å². The van der Waals surface area contributed by atoms with Crippen LogP contribution >= 0.6 is 11.8 Å². The zero-order valence-corrected chi connectivity index (χ0v) is 13.2. The second-order valence-corrected chi connectivity index (χ2v) is 5.86. The number of aryl methyl sites for hydroxylation is 1. The molecule has 0 aliphatic heterocycles. The van der Waals surface area contributed by atoms with E-state index in [2.05, 4.69) is 23.3 Å². The van der Waals surface area contributed by atoms with Crippen LogP contribution in [0.25, 0.3) is 0 Å². The summed E-state index contributed by atoms with van der Waals surface area (Å²) < 4.78 is 1.97. The largest absolute Gasteiger partial charge is 0.329 e. The lowest BCUT2D eigenvalue weighted by Gasteiger charge is -2.28. The van der Waals surface area contributed by atoms with Crippen molar-refractivity contribution < 1.29 is 0 Å². The molecule has 0 amide bonds. The number of imidazole rings is 1. The maximum absolute atomic E-state index is 9.80. The molecule has 1 atom stereocenters. The van der Waals surface area contributed by atoms with E-state index < -0.39 is 5.54 Å². The van der Waals surface area contributed by atoms with E-state index in [1.54, 1.807) is 18.0 Å². The van der Waals surface area contributed by atoms with Crippen LogP contribution in [0.3, 0.4) is 0 Å². The number of thioether (sulfide) groups is 1. The van der Waals surface area contributed by atoms with E-state index in [4.69, 9.17) is 0 Å². The Hall–Kier alpha value is -1.77. The number of aromatic nitrogens is 2. The number of hydrogen-bond donors (Lipinski definition) is 1. The molecule has 21 heavy (non-hydrogen) atoms. The summed E-state index contributed by atoms with van der Waals surface area (Å²) in [6.07, 6.45) is 4.68. The molecule has 0 saturated heterocycles. The zero-order valence-electron chi connectivity index (χ0n) is 12.4. The minimum Gasteiger partial charge on any atom is -0.329 e. The van der Waals surface area contributed by atoms with Gasteiger partial charge in [-0.1, -0.05) is 49.0 Å². The topological polar surface area (TPSA) is 53.6 Å². The van der Waals surface area contributed by atoms with E-state index in [0.717, 1.165) is 23.7 Å². The molecule has 1 unspecified atom stereocenters. The fourth-order valence-corrected chi connectivity index (χ4v) is 3.18. The third-order valence-corrected chi connectivity index (χ3v) is 4.56. The molecule has 0 aliphatic rings. The zero-order chi connectivity index (χ0) is 15.1. The Labute approximate surface area is 130 Å². The first-order chi connectivity index (χ1) is 10.2. The normalized spacial score (nSPS) is 13.6. The fraction of sp³-hybridized carbons (Fsp3) is 0.375. The lowest BCUT2D eigenvalue weighted by atomic mass is 9.93. The summed E-state index contributed by atoms with van der Waals surface area (Å²) in [5.74, 6) is 0.623.